The van der Waals surface area contributed by atoms with E-state index in [0.29, 0.717) is 23.8 Å². The van der Waals surface area contributed by atoms with Crippen LogP contribution in [0.25, 0.3) is 0 Å². The molecule has 0 spiro atoms. The van der Waals surface area contributed by atoms with Crippen LogP contribution in [0, 0.1) is 0 Å². The average Bonchev–Trinajstić information content (AvgIpc) is 2.37. The molecule has 1 aliphatic rings. The van der Waals surface area contributed by atoms with E-state index in [9.17, 15) is 18.0 Å². The molecule has 1 heterocycles. The molecule has 0 atom stereocenters. The largest absolute Gasteiger partial charge is 0.490 e. The van der Waals surface area contributed by atoms with Gasteiger partial charge in [-0.15, -0.1) is 0 Å². The molecular formula is C13H15F3N2O2. The van der Waals surface area contributed by atoms with E-state index in [0.717, 1.165) is 12.7 Å². The highest BCUT2D eigenvalue weighted by Crippen LogP contribution is 2.30. The van der Waals surface area contributed by atoms with Crippen LogP contribution < -0.4 is 9.64 Å². The lowest BCUT2D eigenvalue weighted by Gasteiger charge is -2.32. The molecule has 0 aliphatic carbocycles. The summed E-state index contributed by atoms with van der Waals surface area (Å²) in [5, 5.41) is 0. The summed E-state index contributed by atoms with van der Waals surface area (Å²) in [5.41, 5.74) is 0.729. The van der Waals surface area contributed by atoms with Gasteiger partial charge < -0.3 is 14.5 Å². The highest BCUT2D eigenvalue weighted by molar-refractivity contribution is 5.82. The lowest BCUT2D eigenvalue weighted by atomic mass is 10.2. The van der Waals surface area contributed by atoms with Gasteiger partial charge in [-0.05, 0) is 12.1 Å². The van der Waals surface area contributed by atoms with Crippen LogP contribution in [0.15, 0.2) is 24.3 Å². The van der Waals surface area contributed by atoms with Crippen LogP contribution in [0.2, 0.25) is 0 Å². The number of halogens is 3. The maximum absolute atomic E-state index is 12.3. The van der Waals surface area contributed by atoms with Crippen molar-refractivity contribution in [3.63, 3.8) is 0 Å². The van der Waals surface area contributed by atoms with Crippen LogP contribution in [0.5, 0.6) is 5.75 Å². The first-order valence-electron chi connectivity index (χ1n) is 6.14. The number of carbonyl (C=O) groups is 1. The molecule has 0 saturated carbocycles. The lowest BCUT2D eigenvalue weighted by molar-refractivity contribution is -0.157. The second-order valence-electron chi connectivity index (χ2n) is 4.60. The number of benzene rings is 1. The predicted octanol–water partition coefficient (Wildman–Crippen LogP) is 1.91. The lowest BCUT2D eigenvalue weighted by Crippen LogP contribution is -2.44. The molecule has 7 heteroatoms. The average molecular weight is 288 g/mol. The summed E-state index contributed by atoms with van der Waals surface area (Å²) in [4.78, 5) is 14.3. The summed E-state index contributed by atoms with van der Waals surface area (Å²) in [5.74, 6) is 0.0732. The Morgan fingerprint density at radius 2 is 2.10 bits per heavy atom. The van der Waals surface area contributed by atoms with E-state index >= 15 is 0 Å². The highest BCUT2D eigenvalue weighted by Gasteiger charge is 2.32. The highest BCUT2D eigenvalue weighted by atomic mass is 19.4. The Bertz CT molecular complexity index is 491. The van der Waals surface area contributed by atoms with Gasteiger partial charge in [0.2, 0.25) is 5.91 Å². The Morgan fingerprint density at radius 1 is 1.40 bits per heavy atom. The fourth-order valence-electron chi connectivity index (χ4n) is 2.03. The van der Waals surface area contributed by atoms with E-state index in [-0.39, 0.29) is 6.54 Å². The number of para-hydroxylation sites is 2. The van der Waals surface area contributed by atoms with Gasteiger partial charge in [0.05, 0.1) is 18.8 Å². The first-order chi connectivity index (χ1) is 9.37. The number of hydrogen-bond donors (Lipinski definition) is 0. The van der Waals surface area contributed by atoms with Crippen LogP contribution >= 0.6 is 0 Å². The van der Waals surface area contributed by atoms with Crippen molar-refractivity contribution >= 4 is 11.6 Å². The molecule has 4 nitrogen and oxygen atoms in total. The second kappa shape index (κ2) is 5.60. The fourth-order valence-corrected chi connectivity index (χ4v) is 2.03. The minimum atomic E-state index is -4.38. The minimum Gasteiger partial charge on any atom is -0.490 e. The standard InChI is InChI=1S/C13H15F3N2O2/c1-17(9-13(14,15)16)12(19)8-18-6-7-20-11-5-3-2-4-10(11)18/h2-5H,6-9H2,1H3. The maximum atomic E-state index is 12.3. The minimum absolute atomic E-state index is 0.0903. The number of fused-ring (bicyclic) bond motifs is 1. The van der Waals surface area contributed by atoms with Gasteiger partial charge in [-0.3, -0.25) is 4.79 Å². The van der Waals surface area contributed by atoms with Gasteiger partial charge in [0, 0.05) is 7.05 Å². The number of ether oxygens (including phenoxy) is 1. The zero-order valence-electron chi connectivity index (χ0n) is 11.0. The van der Waals surface area contributed by atoms with Crippen molar-refractivity contribution < 1.29 is 22.7 Å². The number of rotatable bonds is 3. The SMILES string of the molecule is CN(CC(F)(F)F)C(=O)CN1CCOc2ccccc21. The molecule has 0 N–H and O–H groups in total. The van der Waals surface area contributed by atoms with Crippen molar-refractivity contribution in [2.75, 3.05) is 38.2 Å². The normalized spacial score (nSPS) is 14.5. The summed E-state index contributed by atoms with van der Waals surface area (Å²) < 4.78 is 42.2. The first kappa shape index (κ1) is 14.5. The van der Waals surface area contributed by atoms with Gasteiger partial charge >= 0.3 is 6.18 Å². The van der Waals surface area contributed by atoms with Gasteiger partial charge in [0.15, 0.2) is 0 Å². The number of anilines is 1. The Kier molecular flexibility index (Phi) is 4.06. The Balaban J connectivity index is 2.02. The Hall–Kier alpha value is -1.92. The second-order valence-corrected chi connectivity index (χ2v) is 4.60. The monoisotopic (exact) mass is 288 g/mol. The quantitative estimate of drug-likeness (QED) is 0.851. The van der Waals surface area contributed by atoms with Gasteiger partial charge in [-0.1, -0.05) is 12.1 Å². The molecule has 1 aromatic carbocycles. The molecular weight excluding hydrogens is 273 g/mol. The van der Waals surface area contributed by atoms with Gasteiger partial charge in [-0.2, -0.15) is 13.2 Å². The number of likely N-dealkylation sites (N-methyl/N-ethyl adjacent to an activating group) is 1. The van der Waals surface area contributed by atoms with E-state index in [1.54, 1.807) is 29.2 Å². The molecule has 0 saturated heterocycles. The van der Waals surface area contributed by atoms with E-state index in [1.807, 2.05) is 0 Å². The number of alkyl halides is 3. The third-order valence-electron chi connectivity index (χ3n) is 2.99. The van der Waals surface area contributed by atoms with Crippen molar-refractivity contribution in [3.05, 3.63) is 24.3 Å². The van der Waals surface area contributed by atoms with Crippen LogP contribution in [-0.2, 0) is 4.79 Å². The molecule has 1 aliphatic heterocycles. The van der Waals surface area contributed by atoms with Crippen LogP contribution in [-0.4, -0.2) is 50.3 Å². The maximum Gasteiger partial charge on any atom is 0.406 e. The zero-order valence-corrected chi connectivity index (χ0v) is 11.0. The molecule has 1 amide bonds. The summed E-state index contributed by atoms with van der Waals surface area (Å²) in [6, 6.07) is 7.15. The van der Waals surface area contributed by atoms with E-state index in [4.69, 9.17) is 4.74 Å². The molecule has 20 heavy (non-hydrogen) atoms. The van der Waals surface area contributed by atoms with Crippen molar-refractivity contribution in [2.24, 2.45) is 0 Å². The Morgan fingerprint density at radius 3 is 2.80 bits per heavy atom. The van der Waals surface area contributed by atoms with Crippen molar-refractivity contribution in [2.45, 2.75) is 6.18 Å². The molecule has 0 fully saturated rings. The summed E-state index contributed by atoms with van der Waals surface area (Å²) in [6.07, 6.45) is -4.38. The van der Waals surface area contributed by atoms with E-state index < -0.39 is 18.6 Å². The zero-order chi connectivity index (χ0) is 14.8. The molecule has 0 bridgehead atoms. The number of nitrogens with zero attached hydrogens (tertiary/aromatic N) is 2. The summed E-state index contributed by atoms with van der Waals surface area (Å²) in [7, 11) is 1.15. The van der Waals surface area contributed by atoms with E-state index in [1.165, 1.54) is 0 Å². The predicted molar refractivity (Wildman–Crippen MR) is 67.8 cm³/mol. The molecule has 0 radical (unpaired) electrons. The first-order valence-corrected chi connectivity index (χ1v) is 6.14. The summed E-state index contributed by atoms with van der Waals surface area (Å²) in [6.45, 7) is -0.444. The third kappa shape index (κ3) is 3.55. The van der Waals surface area contributed by atoms with Crippen molar-refractivity contribution in [1.29, 1.82) is 0 Å². The molecule has 2 rings (SSSR count). The number of amides is 1. The molecule has 0 unspecified atom stereocenters. The van der Waals surface area contributed by atoms with Crippen molar-refractivity contribution in [3.8, 4) is 5.75 Å². The fraction of sp³-hybridized carbons (Fsp3) is 0.462. The summed E-state index contributed by atoms with van der Waals surface area (Å²) >= 11 is 0. The van der Waals surface area contributed by atoms with Gasteiger partial charge in [0.25, 0.3) is 0 Å². The van der Waals surface area contributed by atoms with Gasteiger partial charge in [0.1, 0.15) is 18.9 Å². The van der Waals surface area contributed by atoms with Crippen LogP contribution in [0.4, 0.5) is 18.9 Å². The van der Waals surface area contributed by atoms with E-state index in [2.05, 4.69) is 0 Å². The number of hydrogen-bond acceptors (Lipinski definition) is 3. The van der Waals surface area contributed by atoms with Gasteiger partial charge in [-0.25, -0.2) is 0 Å². The topological polar surface area (TPSA) is 32.8 Å². The smallest absolute Gasteiger partial charge is 0.406 e. The Labute approximate surface area is 114 Å². The third-order valence-corrected chi connectivity index (χ3v) is 2.99. The van der Waals surface area contributed by atoms with Crippen molar-refractivity contribution in [1.82, 2.24) is 4.90 Å². The molecule has 1 aromatic rings. The molecule has 110 valence electrons. The number of carbonyl (C=O) groups excluding carboxylic acids is 1. The van der Waals surface area contributed by atoms with Crippen LogP contribution in [0.3, 0.4) is 0 Å². The molecule has 0 aromatic heterocycles. The van der Waals surface area contributed by atoms with Crippen LogP contribution in [0.1, 0.15) is 0 Å².